The van der Waals surface area contributed by atoms with Crippen molar-refractivity contribution in [3.8, 4) is 5.75 Å². The highest BCUT2D eigenvalue weighted by Crippen LogP contribution is 2.20. The van der Waals surface area contributed by atoms with Gasteiger partial charge in [-0.2, -0.15) is 0 Å². The monoisotopic (exact) mass is 306 g/mol. The van der Waals surface area contributed by atoms with Gasteiger partial charge in [0, 0.05) is 26.2 Å². The molecule has 1 aliphatic heterocycles. The number of carbonyl (C=O) groups excluding carboxylic acids is 1. The molecular formula is C16H19ClN2O2. The van der Waals surface area contributed by atoms with Crippen LogP contribution < -0.4 is 10.1 Å². The first-order chi connectivity index (χ1) is 9.83. The summed E-state index contributed by atoms with van der Waals surface area (Å²) in [5, 5.41) is 5.53. The van der Waals surface area contributed by atoms with Crippen LogP contribution in [0.2, 0.25) is 0 Å². The first kappa shape index (κ1) is 15.6. The molecule has 0 atom stereocenters. The molecule has 0 aromatic heterocycles. The topological polar surface area (TPSA) is 41.6 Å². The lowest BCUT2D eigenvalue weighted by molar-refractivity contribution is -0.133. The van der Waals surface area contributed by atoms with Gasteiger partial charge >= 0.3 is 0 Å². The second kappa shape index (κ2) is 7.29. The molecule has 1 heterocycles. The lowest BCUT2D eigenvalue weighted by Crippen LogP contribution is -2.47. The molecule has 0 spiro atoms. The largest absolute Gasteiger partial charge is 0.484 e. The summed E-state index contributed by atoms with van der Waals surface area (Å²) in [6.07, 6.45) is 0. The summed E-state index contributed by atoms with van der Waals surface area (Å²) >= 11 is 0. The van der Waals surface area contributed by atoms with Crippen molar-refractivity contribution in [3.05, 3.63) is 42.5 Å². The Morgan fingerprint density at radius 1 is 1.10 bits per heavy atom. The third kappa shape index (κ3) is 3.86. The van der Waals surface area contributed by atoms with E-state index in [-0.39, 0.29) is 24.9 Å². The molecule has 5 heteroatoms. The van der Waals surface area contributed by atoms with Crippen LogP contribution in [0.1, 0.15) is 0 Å². The van der Waals surface area contributed by atoms with Gasteiger partial charge < -0.3 is 15.0 Å². The van der Waals surface area contributed by atoms with Crippen LogP contribution in [-0.2, 0) is 4.79 Å². The van der Waals surface area contributed by atoms with E-state index >= 15 is 0 Å². The predicted molar refractivity (Wildman–Crippen MR) is 86.1 cm³/mol. The molecule has 1 saturated heterocycles. The minimum Gasteiger partial charge on any atom is -0.484 e. The highest BCUT2D eigenvalue weighted by Gasteiger charge is 2.16. The first-order valence-electron chi connectivity index (χ1n) is 6.93. The second-order valence-electron chi connectivity index (χ2n) is 4.93. The zero-order valence-corrected chi connectivity index (χ0v) is 12.6. The van der Waals surface area contributed by atoms with Crippen molar-refractivity contribution in [2.75, 3.05) is 32.8 Å². The molecule has 1 N–H and O–H groups in total. The molecule has 21 heavy (non-hydrogen) atoms. The molecule has 4 nitrogen and oxygen atoms in total. The maximum absolute atomic E-state index is 12.0. The first-order valence-corrected chi connectivity index (χ1v) is 6.93. The van der Waals surface area contributed by atoms with Crippen molar-refractivity contribution in [1.29, 1.82) is 0 Å². The third-order valence-corrected chi connectivity index (χ3v) is 3.55. The maximum Gasteiger partial charge on any atom is 0.260 e. The summed E-state index contributed by atoms with van der Waals surface area (Å²) < 4.78 is 5.62. The van der Waals surface area contributed by atoms with Crippen LogP contribution in [0.15, 0.2) is 42.5 Å². The van der Waals surface area contributed by atoms with Crippen molar-refractivity contribution in [2.45, 2.75) is 0 Å². The van der Waals surface area contributed by atoms with E-state index in [2.05, 4.69) is 11.4 Å². The van der Waals surface area contributed by atoms with E-state index in [9.17, 15) is 4.79 Å². The van der Waals surface area contributed by atoms with Crippen LogP contribution >= 0.6 is 12.4 Å². The molecule has 0 radical (unpaired) electrons. The van der Waals surface area contributed by atoms with Gasteiger partial charge in [0.2, 0.25) is 0 Å². The number of halogens is 1. The number of nitrogens with zero attached hydrogens (tertiary/aromatic N) is 1. The Morgan fingerprint density at radius 2 is 1.81 bits per heavy atom. The van der Waals surface area contributed by atoms with Gasteiger partial charge in [0.15, 0.2) is 6.61 Å². The van der Waals surface area contributed by atoms with Gasteiger partial charge in [-0.15, -0.1) is 12.4 Å². The Bertz CT molecular complexity index is 612. The van der Waals surface area contributed by atoms with Gasteiger partial charge in [0.05, 0.1) is 0 Å². The van der Waals surface area contributed by atoms with Crippen molar-refractivity contribution >= 4 is 29.1 Å². The van der Waals surface area contributed by atoms with Gasteiger partial charge in [-0.1, -0.05) is 30.3 Å². The van der Waals surface area contributed by atoms with Gasteiger partial charge in [-0.05, 0) is 22.9 Å². The molecule has 2 aromatic carbocycles. The Hall–Kier alpha value is -1.78. The van der Waals surface area contributed by atoms with Crippen molar-refractivity contribution in [3.63, 3.8) is 0 Å². The highest BCUT2D eigenvalue weighted by molar-refractivity contribution is 5.85. The van der Waals surface area contributed by atoms with Gasteiger partial charge in [-0.25, -0.2) is 0 Å². The molecule has 1 amide bonds. The molecular weight excluding hydrogens is 288 g/mol. The number of hydrogen-bond acceptors (Lipinski definition) is 3. The summed E-state index contributed by atoms with van der Waals surface area (Å²) in [6.45, 7) is 3.36. The van der Waals surface area contributed by atoms with E-state index in [0.717, 1.165) is 37.3 Å². The summed E-state index contributed by atoms with van der Waals surface area (Å²) in [5.74, 6) is 0.798. The SMILES string of the molecule is Cl.O=C(COc1ccc2ccccc2c1)N1CCNCC1. The zero-order chi connectivity index (χ0) is 13.8. The molecule has 112 valence electrons. The number of rotatable bonds is 3. The van der Waals surface area contributed by atoms with Gasteiger partial charge in [-0.3, -0.25) is 4.79 Å². The molecule has 1 fully saturated rings. The van der Waals surface area contributed by atoms with Crippen LogP contribution in [0, 0.1) is 0 Å². The second-order valence-corrected chi connectivity index (χ2v) is 4.93. The zero-order valence-electron chi connectivity index (χ0n) is 11.7. The number of ether oxygens (including phenoxy) is 1. The fourth-order valence-electron chi connectivity index (χ4n) is 2.41. The van der Waals surface area contributed by atoms with E-state index in [4.69, 9.17) is 4.74 Å². The summed E-state index contributed by atoms with van der Waals surface area (Å²) in [7, 11) is 0. The number of piperazine rings is 1. The minimum atomic E-state index is 0. The van der Waals surface area contributed by atoms with Crippen LogP contribution in [0.4, 0.5) is 0 Å². The quantitative estimate of drug-likeness (QED) is 0.944. The van der Waals surface area contributed by atoms with Crippen molar-refractivity contribution in [1.82, 2.24) is 10.2 Å². The molecule has 0 saturated carbocycles. The Labute approximate surface area is 130 Å². The number of carbonyl (C=O) groups is 1. The maximum atomic E-state index is 12.0. The van der Waals surface area contributed by atoms with E-state index in [1.54, 1.807) is 0 Å². The summed E-state index contributed by atoms with van der Waals surface area (Å²) in [5.41, 5.74) is 0. The minimum absolute atomic E-state index is 0. The Kier molecular flexibility index (Phi) is 5.42. The van der Waals surface area contributed by atoms with Gasteiger partial charge in [0.1, 0.15) is 5.75 Å². The molecule has 3 rings (SSSR count). The van der Waals surface area contributed by atoms with E-state index in [1.807, 2.05) is 41.3 Å². The van der Waals surface area contributed by atoms with E-state index < -0.39 is 0 Å². The number of benzene rings is 2. The Morgan fingerprint density at radius 3 is 2.57 bits per heavy atom. The average molecular weight is 307 g/mol. The fourth-order valence-corrected chi connectivity index (χ4v) is 2.41. The number of fused-ring (bicyclic) bond motifs is 1. The van der Waals surface area contributed by atoms with Crippen molar-refractivity contribution < 1.29 is 9.53 Å². The molecule has 0 bridgehead atoms. The van der Waals surface area contributed by atoms with Crippen LogP contribution in [-0.4, -0.2) is 43.6 Å². The number of nitrogens with one attached hydrogen (secondary N) is 1. The fraction of sp³-hybridized carbons (Fsp3) is 0.312. The predicted octanol–water partition coefficient (Wildman–Crippen LogP) is 2.07. The smallest absolute Gasteiger partial charge is 0.260 e. The highest BCUT2D eigenvalue weighted by atomic mass is 35.5. The summed E-state index contributed by atoms with van der Waals surface area (Å²) in [4.78, 5) is 13.9. The molecule has 0 aliphatic carbocycles. The average Bonchev–Trinajstić information content (AvgIpc) is 2.53. The van der Waals surface area contributed by atoms with Crippen LogP contribution in [0.3, 0.4) is 0 Å². The van der Waals surface area contributed by atoms with Crippen LogP contribution in [0.25, 0.3) is 10.8 Å². The lowest BCUT2D eigenvalue weighted by Gasteiger charge is -2.27. The van der Waals surface area contributed by atoms with Crippen molar-refractivity contribution in [2.24, 2.45) is 0 Å². The lowest BCUT2D eigenvalue weighted by atomic mass is 10.1. The van der Waals surface area contributed by atoms with E-state index in [1.165, 1.54) is 5.39 Å². The Balaban J connectivity index is 0.00000161. The molecule has 2 aromatic rings. The number of hydrogen-bond donors (Lipinski definition) is 1. The van der Waals surface area contributed by atoms with Crippen LogP contribution in [0.5, 0.6) is 5.75 Å². The standard InChI is InChI=1S/C16H18N2O2.ClH/c19-16(18-9-7-17-8-10-18)12-20-15-6-5-13-3-1-2-4-14(13)11-15;/h1-6,11,17H,7-10,12H2;1H. The molecule has 1 aliphatic rings. The van der Waals surface area contributed by atoms with Gasteiger partial charge in [0.25, 0.3) is 5.91 Å². The normalized spacial score (nSPS) is 14.6. The molecule has 0 unspecified atom stereocenters. The summed E-state index contributed by atoms with van der Waals surface area (Å²) in [6, 6.07) is 14.0. The van der Waals surface area contributed by atoms with E-state index in [0.29, 0.717) is 0 Å². The third-order valence-electron chi connectivity index (χ3n) is 3.55. The number of amides is 1.